The van der Waals surface area contributed by atoms with Crippen LogP contribution in [0.3, 0.4) is 0 Å². The molecule has 1 aromatic rings. The maximum absolute atomic E-state index is 11.9. The minimum Gasteiger partial charge on any atom is -0.458 e. The molecule has 1 rings (SSSR count). The van der Waals surface area contributed by atoms with Gasteiger partial charge in [0.25, 0.3) is 0 Å². The number of benzene rings is 1. The lowest BCUT2D eigenvalue weighted by molar-refractivity contribution is -0.159. The van der Waals surface area contributed by atoms with E-state index in [1.54, 1.807) is 0 Å². The van der Waals surface area contributed by atoms with E-state index in [2.05, 4.69) is 0 Å². The summed E-state index contributed by atoms with van der Waals surface area (Å²) in [6.07, 6.45) is 0.626. The van der Waals surface area contributed by atoms with Gasteiger partial charge in [0.05, 0.1) is 0 Å². The monoisotopic (exact) mass is 283 g/mol. The smallest absolute Gasteiger partial charge is 0.323 e. The van der Waals surface area contributed by atoms with Crippen LogP contribution >= 0.6 is 11.6 Å². The molecule has 0 bridgehead atoms. The number of hydrogen-bond donors (Lipinski definition) is 1. The molecule has 1 aromatic carbocycles. The van der Waals surface area contributed by atoms with E-state index in [4.69, 9.17) is 22.1 Å². The zero-order valence-corrected chi connectivity index (χ0v) is 12.7. The van der Waals surface area contributed by atoms with Crippen molar-refractivity contribution in [1.82, 2.24) is 0 Å². The van der Waals surface area contributed by atoms with Crippen LogP contribution in [-0.2, 0) is 16.0 Å². The van der Waals surface area contributed by atoms with Crippen LogP contribution in [0.2, 0.25) is 5.02 Å². The minimum atomic E-state index is -0.586. The average molecular weight is 284 g/mol. The van der Waals surface area contributed by atoms with Crippen molar-refractivity contribution in [2.45, 2.75) is 45.8 Å². The van der Waals surface area contributed by atoms with Crippen molar-refractivity contribution in [3.8, 4) is 0 Å². The van der Waals surface area contributed by atoms with E-state index in [1.165, 1.54) is 0 Å². The van der Waals surface area contributed by atoms with E-state index in [9.17, 15) is 4.79 Å². The van der Waals surface area contributed by atoms with Crippen molar-refractivity contribution in [3.63, 3.8) is 0 Å². The van der Waals surface area contributed by atoms with Crippen LogP contribution in [0.25, 0.3) is 0 Å². The van der Waals surface area contributed by atoms with Gasteiger partial charge in [0.2, 0.25) is 0 Å². The summed E-state index contributed by atoms with van der Waals surface area (Å²) in [5.41, 5.74) is 6.27. The van der Waals surface area contributed by atoms with E-state index in [0.717, 1.165) is 5.56 Å². The first-order valence-corrected chi connectivity index (χ1v) is 6.82. The molecule has 0 aliphatic heterocycles. The molecule has 0 radical (unpaired) electrons. The van der Waals surface area contributed by atoms with Gasteiger partial charge in [-0.3, -0.25) is 4.79 Å². The number of carbonyl (C=O) groups is 1. The number of carbonyl (C=O) groups excluding carboxylic acids is 1. The number of esters is 1. The van der Waals surface area contributed by atoms with E-state index < -0.39 is 11.6 Å². The molecule has 0 aliphatic carbocycles. The highest BCUT2D eigenvalue weighted by Crippen LogP contribution is 2.20. The third-order valence-electron chi connectivity index (χ3n) is 2.91. The fourth-order valence-corrected chi connectivity index (χ4v) is 1.87. The van der Waals surface area contributed by atoms with E-state index in [-0.39, 0.29) is 11.9 Å². The second-order valence-corrected chi connectivity index (χ2v) is 6.19. The maximum atomic E-state index is 11.9. The summed E-state index contributed by atoms with van der Waals surface area (Å²) in [5, 5.41) is 0.695. The Morgan fingerprint density at radius 2 is 1.84 bits per heavy atom. The lowest BCUT2D eigenvalue weighted by Crippen LogP contribution is -2.42. The van der Waals surface area contributed by atoms with Crippen LogP contribution in [-0.4, -0.2) is 17.6 Å². The van der Waals surface area contributed by atoms with Crippen molar-refractivity contribution in [3.05, 3.63) is 34.9 Å². The predicted molar refractivity (Wildman–Crippen MR) is 78.1 cm³/mol. The predicted octanol–water partition coefficient (Wildman–Crippen LogP) is 3.19. The largest absolute Gasteiger partial charge is 0.458 e. The molecule has 2 N–H and O–H groups in total. The number of hydrogen-bond acceptors (Lipinski definition) is 3. The molecule has 0 saturated heterocycles. The molecule has 0 aliphatic rings. The molecule has 19 heavy (non-hydrogen) atoms. The summed E-state index contributed by atoms with van der Waals surface area (Å²) in [5.74, 6) is -0.284. The second-order valence-electron chi connectivity index (χ2n) is 5.75. The highest BCUT2D eigenvalue weighted by atomic mass is 35.5. The van der Waals surface area contributed by atoms with Crippen LogP contribution in [0.1, 0.15) is 33.3 Å². The molecule has 1 atom stereocenters. The van der Waals surface area contributed by atoms with Gasteiger partial charge in [-0.1, -0.05) is 37.6 Å². The van der Waals surface area contributed by atoms with Crippen LogP contribution in [0.15, 0.2) is 24.3 Å². The van der Waals surface area contributed by atoms with Gasteiger partial charge in [0, 0.05) is 11.4 Å². The third-order valence-corrected chi connectivity index (χ3v) is 3.16. The first-order chi connectivity index (χ1) is 8.71. The molecule has 0 spiro atoms. The first-order valence-electron chi connectivity index (χ1n) is 6.44. The van der Waals surface area contributed by atoms with Gasteiger partial charge in [-0.2, -0.15) is 0 Å². The van der Waals surface area contributed by atoms with Crippen molar-refractivity contribution in [2.24, 2.45) is 11.7 Å². The summed E-state index contributed by atoms with van der Waals surface area (Å²) in [6.45, 7) is 7.56. The van der Waals surface area contributed by atoms with Gasteiger partial charge in [0.1, 0.15) is 11.6 Å². The van der Waals surface area contributed by atoms with Crippen LogP contribution in [0.5, 0.6) is 0 Å². The average Bonchev–Trinajstić information content (AvgIpc) is 2.30. The van der Waals surface area contributed by atoms with Crippen LogP contribution in [0.4, 0.5) is 0 Å². The summed E-state index contributed by atoms with van der Waals surface area (Å²) in [7, 11) is 0. The van der Waals surface area contributed by atoms with Crippen molar-refractivity contribution >= 4 is 17.6 Å². The third kappa shape index (κ3) is 5.21. The van der Waals surface area contributed by atoms with Crippen molar-refractivity contribution < 1.29 is 9.53 Å². The van der Waals surface area contributed by atoms with Crippen molar-refractivity contribution in [1.29, 1.82) is 0 Å². The SMILES string of the molecule is CC(C)C(N)C(=O)OC(C)(C)Cc1ccc(Cl)cc1. The van der Waals surface area contributed by atoms with Crippen LogP contribution in [0, 0.1) is 5.92 Å². The molecule has 0 saturated carbocycles. The zero-order valence-electron chi connectivity index (χ0n) is 11.9. The molecule has 0 heterocycles. The van der Waals surface area contributed by atoms with E-state index in [1.807, 2.05) is 52.0 Å². The Kier molecular flexibility index (Phi) is 5.39. The van der Waals surface area contributed by atoms with Gasteiger partial charge >= 0.3 is 5.97 Å². The van der Waals surface area contributed by atoms with Gasteiger partial charge in [0.15, 0.2) is 0 Å². The lowest BCUT2D eigenvalue weighted by atomic mass is 9.98. The zero-order chi connectivity index (χ0) is 14.6. The Bertz CT molecular complexity index is 426. The van der Waals surface area contributed by atoms with Gasteiger partial charge in [-0.25, -0.2) is 0 Å². The molecule has 0 aromatic heterocycles. The van der Waals surface area contributed by atoms with E-state index >= 15 is 0 Å². The summed E-state index contributed by atoms with van der Waals surface area (Å²) < 4.78 is 5.50. The number of nitrogens with two attached hydrogens (primary N) is 1. The fraction of sp³-hybridized carbons (Fsp3) is 0.533. The van der Waals surface area contributed by atoms with Crippen LogP contribution < -0.4 is 5.73 Å². The maximum Gasteiger partial charge on any atom is 0.323 e. The molecule has 1 unspecified atom stereocenters. The van der Waals surface area contributed by atoms with Gasteiger partial charge in [-0.05, 0) is 37.5 Å². The topological polar surface area (TPSA) is 52.3 Å². The Morgan fingerprint density at radius 3 is 2.32 bits per heavy atom. The Labute approximate surface area is 120 Å². The molecule has 3 nitrogen and oxygen atoms in total. The van der Waals surface area contributed by atoms with Crippen molar-refractivity contribution in [2.75, 3.05) is 0 Å². The highest BCUT2D eigenvalue weighted by Gasteiger charge is 2.28. The summed E-state index contributed by atoms with van der Waals surface area (Å²) >= 11 is 5.84. The molecular weight excluding hydrogens is 262 g/mol. The summed E-state index contributed by atoms with van der Waals surface area (Å²) in [4.78, 5) is 11.9. The lowest BCUT2D eigenvalue weighted by Gasteiger charge is -2.27. The highest BCUT2D eigenvalue weighted by molar-refractivity contribution is 6.30. The van der Waals surface area contributed by atoms with Gasteiger partial charge < -0.3 is 10.5 Å². The second kappa shape index (κ2) is 6.40. The normalized spacial score (nSPS) is 13.4. The molecule has 0 amide bonds. The molecule has 0 fully saturated rings. The Morgan fingerprint density at radius 1 is 1.32 bits per heavy atom. The number of ether oxygens (including phenoxy) is 1. The minimum absolute atomic E-state index is 0.0684. The molecule has 106 valence electrons. The first kappa shape index (κ1) is 16.0. The number of halogens is 1. The standard InChI is InChI=1S/C15H22ClNO2/c1-10(2)13(17)14(18)19-15(3,4)9-11-5-7-12(16)8-6-11/h5-8,10,13H,9,17H2,1-4H3. The molecule has 4 heteroatoms. The quantitative estimate of drug-likeness (QED) is 0.845. The Hall–Kier alpha value is -1.06. The van der Waals surface area contributed by atoms with E-state index in [0.29, 0.717) is 11.4 Å². The van der Waals surface area contributed by atoms with Gasteiger partial charge in [-0.15, -0.1) is 0 Å². The number of rotatable bonds is 5. The summed E-state index contributed by atoms with van der Waals surface area (Å²) in [6, 6.07) is 6.94. The molecular formula is C15H22ClNO2. The fourth-order valence-electron chi connectivity index (χ4n) is 1.74. The Balaban J connectivity index is 2.65.